The second-order valence-electron chi connectivity index (χ2n) is 6.63. The first-order valence-electron chi connectivity index (χ1n) is 9.20. The van der Waals surface area contributed by atoms with Crippen molar-refractivity contribution < 1.29 is 5.11 Å². The Hall–Kier alpha value is 0.210. The highest BCUT2D eigenvalue weighted by atomic mass is 35.5. The summed E-state index contributed by atoms with van der Waals surface area (Å²) in [5, 5.41) is 8.77. The van der Waals surface area contributed by atoms with Gasteiger partial charge in [0.15, 0.2) is 0 Å². The van der Waals surface area contributed by atoms with E-state index in [2.05, 4.69) is 11.8 Å². The number of nitrogens with zero attached hydrogens (tertiary/aromatic N) is 1. The highest BCUT2D eigenvalue weighted by Crippen LogP contribution is 2.23. The van der Waals surface area contributed by atoms with E-state index in [9.17, 15) is 0 Å². The smallest absolute Gasteiger partial charge is 0.0431 e. The van der Waals surface area contributed by atoms with Gasteiger partial charge in [-0.1, -0.05) is 51.9 Å². The molecule has 0 amide bonds. The third kappa shape index (κ3) is 11.4. The fourth-order valence-corrected chi connectivity index (χ4v) is 3.34. The van der Waals surface area contributed by atoms with Gasteiger partial charge in [0, 0.05) is 6.61 Å². The Morgan fingerprint density at radius 3 is 2.14 bits per heavy atom. The zero-order valence-electron chi connectivity index (χ0n) is 14.2. The highest BCUT2D eigenvalue weighted by molar-refractivity contribution is 5.85. The molecule has 1 heterocycles. The van der Waals surface area contributed by atoms with Crippen LogP contribution >= 0.6 is 12.4 Å². The lowest BCUT2D eigenvalue weighted by atomic mass is 9.91. The van der Waals surface area contributed by atoms with E-state index in [1.165, 1.54) is 90.3 Å². The molecule has 0 aromatic rings. The normalized spacial score (nSPS) is 16.9. The van der Waals surface area contributed by atoms with Crippen LogP contribution in [-0.2, 0) is 0 Å². The largest absolute Gasteiger partial charge is 0.396 e. The third-order valence-corrected chi connectivity index (χ3v) is 4.81. The Morgan fingerprint density at radius 2 is 1.48 bits per heavy atom. The second kappa shape index (κ2) is 15.1. The zero-order valence-corrected chi connectivity index (χ0v) is 15.0. The van der Waals surface area contributed by atoms with Gasteiger partial charge in [0.05, 0.1) is 0 Å². The van der Waals surface area contributed by atoms with E-state index in [1.807, 2.05) is 0 Å². The second-order valence-corrected chi connectivity index (χ2v) is 6.63. The molecule has 0 aliphatic carbocycles. The number of hydrogen-bond donors (Lipinski definition) is 1. The summed E-state index contributed by atoms with van der Waals surface area (Å²) >= 11 is 0. The van der Waals surface area contributed by atoms with Crippen LogP contribution in [-0.4, -0.2) is 36.2 Å². The summed E-state index contributed by atoms with van der Waals surface area (Å²) in [5.41, 5.74) is 0. The molecule has 1 N–H and O–H groups in total. The summed E-state index contributed by atoms with van der Waals surface area (Å²) in [6, 6.07) is 0. The van der Waals surface area contributed by atoms with Gasteiger partial charge >= 0.3 is 0 Å². The zero-order chi connectivity index (χ0) is 14.5. The van der Waals surface area contributed by atoms with Crippen molar-refractivity contribution >= 4 is 12.4 Å². The Balaban J connectivity index is 0.00000400. The summed E-state index contributed by atoms with van der Waals surface area (Å²) in [6.07, 6.45) is 16.4. The topological polar surface area (TPSA) is 23.5 Å². The number of hydrogen-bond acceptors (Lipinski definition) is 2. The van der Waals surface area contributed by atoms with E-state index in [-0.39, 0.29) is 12.4 Å². The average Bonchev–Trinajstić information content (AvgIpc) is 2.49. The highest BCUT2D eigenvalue weighted by Gasteiger charge is 2.18. The molecule has 1 rings (SSSR count). The van der Waals surface area contributed by atoms with Crippen LogP contribution in [0, 0.1) is 5.92 Å². The number of likely N-dealkylation sites (tertiary alicyclic amines) is 1. The molecule has 0 atom stereocenters. The van der Waals surface area contributed by atoms with Gasteiger partial charge in [-0.3, -0.25) is 0 Å². The van der Waals surface area contributed by atoms with Crippen LogP contribution in [0.15, 0.2) is 0 Å². The summed E-state index contributed by atoms with van der Waals surface area (Å²) in [5.74, 6) is 1.01. The van der Waals surface area contributed by atoms with Crippen molar-refractivity contribution in [3.05, 3.63) is 0 Å². The van der Waals surface area contributed by atoms with Crippen molar-refractivity contribution in [1.29, 1.82) is 0 Å². The van der Waals surface area contributed by atoms with E-state index in [0.717, 1.165) is 12.3 Å². The van der Waals surface area contributed by atoms with E-state index in [1.54, 1.807) is 0 Å². The lowest BCUT2D eigenvalue weighted by molar-refractivity contribution is 0.172. The minimum atomic E-state index is 0. The summed E-state index contributed by atoms with van der Waals surface area (Å²) in [4.78, 5) is 2.63. The van der Waals surface area contributed by atoms with Gasteiger partial charge in [-0.05, 0) is 57.7 Å². The van der Waals surface area contributed by atoms with Crippen LogP contribution < -0.4 is 0 Å². The molecule has 1 aliphatic heterocycles. The lowest BCUT2D eigenvalue weighted by Gasteiger charge is -2.32. The Bertz CT molecular complexity index is 205. The van der Waals surface area contributed by atoms with Crippen molar-refractivity contribution in [2.75, 3.05) is 26.2 Å². The summed E-state index contributed by atoms with van der Waals surface area (Å²) in [7, 11) is 0. The van der Waals surface area contributed by atoms with Crippen LogP contribution in [0.2, 0.25) is 0 Å². The molecule has 128 valence electrons. The monoisotopic (exact) mass is 319 g/mol. The minimum absolute atomic E-state index is 0. The Kier molecular flexibility index (Phi) is 15.3. The molecular formula is C18H38ClNO. The Morgan fingerprint density at radius 1 is 0.857 bits per heavy atom. The van der Waals surface area contributed by atoms with Crippen molar-refractivity contribution in [2.45, 2.75) is 84.0 Å². The number of aliphatic hydroxyl groups is 1. The van der Waals surface area contributed by atoms with Gasteiger partial charge in [-0.2, -0.15) is 0 Å². The first-order chi connectivity index (χ1) is 9.86. The summed E-state index contributed by atoms with van der Waals surface area (Å²) < 4.78 is 0. The first kappa shape index (κ1) is 21.2. The predicted octanol–water partition coefficient (Wildman–Crippen LogP) is 5.03. The van der Waals surface area contributed by atoms with Crippen LogP contribution in [0.3, 0.4) is 0 Å². The summed E-state index contributed by atoms with van der Waals surface area (Å²) in [6.45, 7) is 6.54. The van der Waals surface area contributed by atoms with Crippen LogP contribution in [0.25, 0.3) is 0 Å². The van der Waals surface area contributed by atoms with Gasteiger partial charge in [-0.25, -0.2) is 0 Å². The van der Waals surface area contributed by atoms with Crippen LogP contribution in [0.5, 0.6) is 0 Å². The standard InChI is InChI=1S/C18H37NO.ClH/c1-2-3-4-5-6-8-11-18-12-15-19(16-13-18)14-9-7-10-17-20;/h18,20H,2-17H2,1H3;1H. The molecule has 0 bridgehead atoms. The molecule has 0 aromatic heterocycles. The molecule has 21 heavy (non-hydrogen) atoms. The molecular weight excluding hydrogens is 282 g/mol. The van der Waals surface area contributed by atoms with Gasteiger partial charge < -0.3 is 10.0 Å². The molecule has 1 fully saturated rings. The molecule has 0 aromatic carbocycles. The van der Waals surface area contributed by atoms with Crippen LogP contribution in [0.4, 0.5) is 0 Å². The predicted molar refractivity (Wildman–Crippen MR) is 95.3 cm³/mol. The number of halogens is 1. The van der Waals surface area contributed by atoms with E-state index >= 15 is 0 Å². The number of unbranched alkanes of at least 4 members (excludes halogenated alkanes) is 7. The fraction of sp³-hybridized carbons (Fsp3) is 1.00. The average molecular weight is 320 g/mol. The van der Waals surface area contributed by atoms with E-state index in [0.29, 0.717) is 6.61 Å². The van der Waals surface area contributed by atoms with Crippen LogP contribution in [0.1, 0.15) is 84.0 Å². The molecule has 0 spiro atoms. The molecule has 0 saturated carbocycles. The fourth-order valence-electron chi connectivity index (χ4n) is 3.34. The maximum absolute atomic E-state index is 8.77. The van der Waals surface area contributed by atoms with Crippen molar-refractivity contribution in [1.82, 2.24) is 4.90 Å². The number of piperidine rings is 1. The lowest BCUT2D eigenvalue weighted by Crippen LogP contribution is -2.34. The molecule has 1 aliphatic rings. The van der Waals surface area contributed by atoms with E-state index in [4.69, 9.17) is 5.11 Å². The van der Waals surface area contributed by atoms with Gasteiger partial charge in [0.25, 0.3) is 0 Å². The molecule has 0 radical (unpaired) electrons. The molecule has 1 saturated heterocycles. The number of rotatable bonds is 12. The molecule has 2 nitrogen and oxygen atoms in total. The Labute approximate surface area is 139 Å². The van der Waals surface area contributed by atoms with Gasteiger partial charge in [-0.15, -0.1) is 12.4 Å². The quantitative estimate of drug-likeness (QED) is 0.510. The van der Waals surface area contributed by atoms with Crippen molar-refractivity contribution in [2.24, 2.45) is 5.92 Å². The first-order valence-corrected chi connectivity index (χ1v) is 9.20. The van der Waals surface area contributed by atoms with E-state index < -0.39 is 0 Å². The SMILES string of the molecule is CCCCCCCCC1CCN(CCCCCO)CC1.Cl. The third-order valence-electron chi connectivity index (χ3n) is 4.81. The molecule has 0 unspecified atom stereocenters. The number of aliphatic hydroxyl groups excluding tert-OH is 1. The van der Waals surface area contributed by atoms with Gasteiger partial charge in [0.2, 0.25) is 0 Å². The van der Waals surface area contributed by atoms with Crippen molar-refractivity contribution in [3.63, 3.8) is 0 Å². The van der Waals surface area contributed by atoms with Gasteiger partial charge in [0.1, 0.15) is 0 Å². The minimum Gasteiger partial charge on any atom is -0.396 e. The maximum Gasteiger partial charge on any atom is 0.0431 e. The maximum atomic E-state index is 8.77. The van der Waals surface area contributed by atoms with Crippen molar-refractivity contribution in [3.8, 4) is 0 Å². The molecule has 3 heteroatoms.